The zero-order chi connectivity index (χ0) is 19.5. The van der Waals surface area contributed by atoms with E-state index in [9.17, 15) is 0 Å². The fourth-order valence-electron chi connectivity index (χ4n) is 3.59. The van der Waals surface area contributed by atoms with E-state index in [1.807, 2.05) is 29.0 Å². The third-order valence-corrected chi connectivity index (χ3v) is 6.01. The molecule has 1 aromatic carbocycles. The Morgan fingerprint density at radius 2 is 2.34 bits per heavy atom. The summed E-state index contributed by atoms with van der Waals surface area (Å²) in [5, 5.41) is 18.2. The Labute approximate surface area is 171 Å². The van der Waals surface area contributed by atoms with Crippen LogP contribution in [0.25, 0.3) is 11.0 Å². The van der Waals surface area contributed by atoms with E-state index >= 15 is 0 Å². The van der Waals surface area contributed by atoms with E-state index in [0.29, 0.717) is 0 Å². The average molecular weight is 408 g/mol. The summed E-state index contributed by atoms with van der Waals surface area (Å²) >= 11 is 1.75. The molecule has 4 heterocycles. The van der Waals surface area contributed by atoms with Crippen LogP contribution in [0.3, 0.4) is 0 Å². The molecule has 2 N–H and O–H groups in total. The van der Waals surface area contributed by atoms with E-state index in [1.165, 1.54) is 4.88 Å². The number of fused-ring (bicyclic) bond motifs is 1. The number of ether oxygens (including phenoxy) is 1. The zero-order valence-electron chi connectivity index (χ0n) is 15.7. The molecule has 4 aromatic rings. The number of benzene rings is 1. The molecule has 0 amide bonds. The van der Waals surface area contributed by atoms with Gasteiger partial charge in [-0.05, 0) is 59.0 Å². The molecule has 1 aliphatic heterocycles. The van der Waals surface area contributed by atoms with Crippen LogP contribution in [0.15, 0.2) is 54.4 Å². The number of nitrogens with one attached hydrogen (secondary N) is 2. The Hall–Kier alpha value is -3.20. The lowest BCUT2D eigenvalue weighted by molar-refractivity contribution is 0.101. The molecule has 148 valence electrons. The third kappa shape index (κ3) is 3.86. The van der Waals surface area contributed by atoms with Crippen molar-refractivity contribution in [1.82, 2.24) is 30.2 Å². The van der Waals surface area contributed by atoms with Gasteiger partial charge in [-0.1, -0.05) is 6.07 Å². The molecule has 0 aliphatic carbocycles. The molecule has 2 atom stereocenters. The van der Waals surface area contributed by atoms with E-state index in [1.54, 1.807) is 23.9 Å². The smallest absolute Gasteiger partial charge is 0.177 e. The molecule has 0 saturated heterocycles. The predicted molar refractivity (Wildman–Crippen MR) is 112 cm³/mol. The lowest BCUT2D eigenvalue weighted by atomic mass is 10.0. The second-order valence-electron chi connectivity index (χ2n) is 6.97. The van der Waals surface area contributed by atoms with Crippen molar-refractivity contribution in [2.24, 2.45) is 0 Å². The molecule has 3 aromatic heterocycles. The van der Waals surface area contributed by atoms with Crippen molar-refractivity contribution in [3.8, 4) is 0 Å². The lowest BCUT2D eigenvalue weighted by Crippen LogP contribution is -2.31. The van der Waals surface area contributed by atoms with Crippen LogP contribution in [-0.4, -0.2) is 36.3 Å². The van der Waals surface area contributed by atoms with Crippen molar-refractivity contribution >= 4 is 28.1 Å². The summed E-state index contributed by atoms with van der Waals surface area (Å²) in [5.41, 5.74) is 2.88. The number of aromatic nitrogens is 6. The van der Waals surface area contributed by atoms with Crippen LogP contribution in [0.4, 0.5) is 5.69 Å². The van der Waals surface area contributed by atoms with Crippen molar-refractivity contribution < 1.29 is 4.74 Å². The Balaban J connectivity index is 1.42. The van der Waals surface area contributed by atoms with Gasteiger partial charge >= 0.3 is 0 Å². The standard InChI is InChI=1S/C20H21N7OS/c1-2-10-28-18(5-1)19(23-14-6-7-16-17(12-14)22-13-21-16)20-24-25-26-27(20)9-8-15-4-3-11-29-15/h2-4,6-7,10-13,18-19,23H,1,5,8-9H2,(H,21,22). The Bertz CT molecular complexity index is 1100. The number of aryl methyl sites for hydroxylation is 2. The first-order valence-electron chi connectivity index (χ1n) is 9.65. The van der Waals surface area contributed by atoms with Gasteiger partial charge in [0, 0.05) is 23.5 Å². The molecule has 2 unspecified atom stereocenters. The van der Waals surface area contributed by atoms with Gasteiger partial charge in [-0.3, -0.25) is 0 Å². The van der Waals surface area contributed by atoms with Gasteiger partial charge < -0.3 is 15.0 Å². The molecule has 5 rings (SSSR count). The number of allylic oxidation sites excluding steroid dienone is 1. The molecule has 1 aliphatic rings. The van der Waals surface area contributed by atoms with Crippen LogP contribution in [-0.2, 0) is 17.7 Å². The molecular formula is C20H21N7OS. The topological polar surface area (TPSA) is 93.5 Å². The maximum atomic E-state index is 5.94. The first-order chi connectivity index (χ1) is 14.4. The fraction of sp³-hybridized carbons (Fsp3) is 0.300. The Kier molecular flexibility index (Phi) is 4.95. The van der Waals surface area contributed by atoms with Gasteiger partial charge in [-0.25, -0.2) is 9.67 Å². The van der Waals surface area contributed by atoms with Gasteiger partial charge in [0.1, 0.15) is 12.1 Å². The number of imidazole rings is 1. The van der Waals surface area contributed by atoms with Gasteiger partial charge in [0.05, 0.1) is 23.6 Å². The Morgan fingerprint density at radius 3 is 3.21 bits per heavy atom. The van der Waals surface area contributed by atoms with Crippen LogP contribution in [0.5, 0.6) is 0 Å². The molecule has 8 nitrogen and oxygen atoms in total. The van der Waals surface area contributed by atoms with Crippen LogP contribution >= 0.6 is 11.3 Å². The summed E-state index contributed by atoms with van der Waals surface area (Å²) in [6.45, 7) is 0.724. The molecular weight excluding hydrogens is 386 g/mol. The number of aromatic amines is 1. The van der Waals surface area contributed by atoms with E-state index in [-0.39, 0.29) is 12.1 Å². The molecule has 0 saturated carbocycles. The number of nitrogens with zero attached hydrogens (tertiary/aromatic N) is 5. The van der Waals surface area contributed by atoms with Crippen molar-refractivity contribution in [2.75, 3.05) is 5.32 Å². The monoisotopic (exact) mass is 407 g/mol. The van der Waals surface area contributed by atoms with E-state index in [2.05, 4.69) is 48.3 Å². The van der Waals surface area contributed by atoms with Gasteiger partial charge in [-0.15, -0.1) is 16.4 Å². The van der Waals surface area contributed by atoms with Gasteiger partial charge in [0.25, 0.3) is 0 Å². The largest absolute Gasteiger partial charge is 0.496 e. The summed E-state index contributed by atoms with van der Waals surface area (Å²) in [7, 11) is 0. The van der Waals surface area contributed by atoms with Crippen molar-refractivity contribution in [3.05, 3.63) is 65.1 Å². The number of thiophene rings is 1. The normalized spacial score (nSPS) is 17.3. The second kappa shape index (κ2) is 8.04. The maximum Gasteiger partial charge on any atom is 0.177 e. The van der Waals surface area contributed by atoms with Gasteiger partial charge in [-0.2, -0.15) is 0 Å². The van der Waals surface area contributed by atoms with Crippen molar-refractivity contribution in [2.45, 2.75) is 38.0 Å². The summed E-state index contributed by atoms with van der Waals surface area (Å²) in [6.07, 6.45) is 8.23. The van der Waals surface area contributed by atoms with Crippen LogP contribution in [0.1, 0.15) is 29.6 Å². The number of tetrazole rings is 1. The Morgan fingerprint density at radius 1 is 1.34 bits per heavy atom. The third-order valence-electron chi connectivity index (χ3n) is 5.07. The second-order valence-corrected chi connectivity index (χ2v) is 8.00. The van der Waals surface area contributed by atoms with Crippen LogP contribution < -0.4 is 5.32 Å². The molecule has 0 radical (unpaired) electrons. The number of anilines is 1. The highest BCUT2D eigenvalue weighted by Gasteiger charge is 2.30. The summed E-state index contributed by atoms with van der Waals surface area (Å²) in [5.74, 6) is 0.781. The minimum absolute atomic E-state index is 0.0543. The average Bonchev–Trinajstić information content (AvgIpc) is 3.52. The van der Waals surface area contributed by atoms with Gasteiger partial charge in [0.15, 0.2) is 5.82 Å². The molecule has 0 bridgehead atoms. The highest BCUT2D eigenvalue weighted by molar-refractivity contribution is 7.09. The van der Waals surface area contributed by atoms with E-state index in [4.69, 9.17) is 4.74 Å². The van der Waals surface area contributed by atoms with Crippen molar-refractivity contribution in [3.63, 3.8) is 0 Å². The van der Waals surface area contributed by atoms with Crippen molar-refractivity contribution in [1.29, 1.82) is 0 Å². The molecule has 9 heteroatoms. The van der Waals surface area contributed by atoms with Gasteiger partial charge in [0.2, 0.25) is 0 Å². The summed E-state index contributed by atoms with van der Waals surface area (Å²) in [6, 6.07) is 10.1. The van der Waals surface area contributed by atoms with E-state index in [0.717, 1.165) is 48.4 Å². The molecule has 0 fully saturated rings. The summed E-state index contributed by atoms with van der Waals surface area (Å²) in [4.78, 5) is 8.79. The maximum absolute atomic E-state index is 5.94. The van der Waals surface area contributed by atoms with Crippen LogP contribution in [0.2, 0.25) is 0 Å². The highest BCUT2D eigenvalue weighted by atomic mass is 32.1. The highest BCUT2D eigenvalue weighted by Crippen LogP contribution is 2.29. The number of hydrogen-bond donors (Lipinski definition) is 2. The first kappa shape index (κ1) is 17.9. The molecule has 0 spiro atoms. The van der Waals surface area contributed by atoms with Crippen LogP contribution in [0, 0.1) is 0 Å². The quantitative estimate of drug-likeness (QED) is 0.485. The lowest BCUT2D eigenvalue weighted by Gasteiger charge is -2.29. The summed E-state index contributed by atoms with van der Waals surface area (Å²) < 4.78 is 7.82. The number of hydrogen-bond acceptors (Lipinski definition) is 7. The van der Waals surface area contributed by atoms with E-state index < -0.39 is 0 Å². The fourth-order valence-corrected chi connectivity index (χ4v) is 4.29. The minimum Gasteiger partial charge on any atom is -0.496 e. The SMILES string of the molecule is C1=COC(C(Nc2ccc3[nH]cnc3c2)c2nnnn2CCc2cccs2)CC1. The number of rotatable bonds is 7. The molecule has 29 heavy (non-hydrogen) atoms. The first-order valence-corrected chi connectivity index (χ1v) is 10.5. The predicted octanol–water partition coefficient (Wildman–Crippen LogP) is 3.70. The zero-order valence-corrected chi connectivity index (χ0v) is 16.5. The number of H-pyrrole nitrogens is 1. The minimum atomic E-state index is -0.172.